The zero-order valence-corrected chi connectivity index (χ0v) is 9.84. The van der Waals surface area contributed by atoms with Gasteiger partial charge in [0.1, 0.15) is 7.14 Å². The molecule has 0 aromatic carbocycles. The third-order valence-electron chi connectivity index (χ3n) is 0.648. The van der Waals surface area contributed by atoms with E-state index in [-0.39, 0.29) is 20.4 Å². The molecular weight excluding hydrogens is 352 g/mol. The molecule has 3 nitrogen and oxygen atoms in total. The third kappa shape index (κ3) is 4.70. The third-order valence-corrected chi connectivity index (χ3v) is 3.98. The fraction of sp³-hybridized carbons (Fsp3) is 1.00. The van der Waals surface area contributed by atoms with Crippen molar-refractivity contribution in [3.05, 3.63) is 0 Å². The molecule has 0 bridgehead atoms. The molecule has 0 fully saturated rings. The van der Waals surface area contributed by atoms with Crippen LogP contribution in [0.2, 0.25) is 0 Å². The van der Waals surface area contributed by atoms with Crippen molar-refractivity contribution in [3.63, 3.8) is 0 Å². The van der Waals surface area contributed by atoms with E-state index in [0.717, 1.165) is 13.3 Å². The van der Waals surface area contributed by atoms with Gasteiger partial charge in [-0.15, -0.1) is 0 Å². The first-order chi connectivity index (χ1) is 3.85. The maximum absolute atomic E-state index is 12.2. The predicted octanol–water partition coefficient (Wildman–Crippen LogP) is 0.739. The van der Waals surface area contributed by atoms with Gasteiger partial charge in [0.2, 0.25) is 5.24 Å². The van der Waals surface area contributed by atoms with Crippen molar-refractivity contribution in [1.29, 1.82) is 0 Å². The predicted molar refractivity (Wildman–Crippen MR) is 33.3 cm³/mol. The van der Waals surface area contributed by atoms with Gasteiger partial charge < -0.3 is 9.12 Å². The van der Waals surface area contributed by atoms with Crippen molar-refractivity contribution in [2.45, 2.75) is 5.24 Å². The Kier molecular flexibility index (Phi) is 6.40. The summed E-state index contributed by atoms with van der Waals surface area (Å²) < 4.78 is 42.3. The first kappa shape index (κ1) is 13.5. The summed E-state index contributed by atoms with van der Waals surface area (Å²) in [6.07, 6.45) is 0. The van der Waals surface area contributed by atoms with E-state index in [2.05, 4.69) is 0 Å². The molecule has 0 aliphatic carbocycles. The first-order valence-corrected chi connectivity index (χ1v) is 5.93. The molecule has 2 atom stereocenters. The Morgan fingerprint density at radius 1 is 1.60 bits per heavy atom. The van der Waals surface area contributed by atoms with Gasteiger partial charge in [-0.25, -0.2) is 4.39 Å². The molecule has 0 amide bonds. The monoisotopic (exact) mass is 360 g/mol. The molecule has 0 aromatic rings. The smallest absolute Gasteiger partial charge is 0.213 e. The summed E-state index contributed by atoms with van der Waals surface area (Å²) in [5.41, 5.74) is 0. The Morgan fingerprint density at radius 3 is 1.90 bits per heavy atom. The molecule has 0 aromatic heterocycles. The van der Waals surface area contributed by atoms with Crippen LogP contribution in [0, 0.1) is 0 Å². The fourth-order valence-corrected chi connectivity index (χ4v) is 1.87. The van der Waals surface area contributed by atoms with Crippen LogP contribution in [0.25, 0.3) is 0 Å². The van der Waals surface area contributed by atoms with E-state index in [9.17, 15) is 17.7 Å². The molecule has 0 heterocycles. The van der Waals surface area contributed by atoms with Crippen LogP contribution in [0.1, 0.15) is 0 Å². The molecule has 0 aliphatic rings. The Morgan fingerprint density at radius 2 is 1.90 bits per heavy atom. The van der Waals surface area contributed by atoms with Crippen molar-refractivity contribution < 1.29 is 38.1 Å². The van der Waals surface area contributed by atoms with Crippen molar-refractivity contribution in [1.82, 2.24) is 0 Å². The Hall–Kier alpha value is 0.932. The zero-order valence-electron chi connectivity index (χ0n) is 5.41. The number of hydrogen-bond acceptors (Lipinski definition) is 3. The van der Waals surface area contributed by atoms with Gasteiger partial charge in [-0.05, 0) is 24.4 Å². The Balaban J connectivity index is 0. The van der Waals surface area contributed by atoms with Gasteiger partial charge >= 0.3 is 0 Å². The van der Waals surface area contributed by atoms with Crippen LogP contribution in [-0.2, 0) is 36.1 Å². The van der Waals surface area contributed by atoms with Crippen molar-refractivity contribution in [3.8, 4) is 0 Å². The summed E-state index contributed by atoms with van der Waals surface area (Å²) in [7, 11) is -3.09. The summed E-state index contributed by atoms with van der Waals surface area (Å²) in [6, 6.07) is 0. The molecular formula is C3H7FO3PReS-. The van der Waals surface area contributed by atoms with Crippen LogP contribution in [0.5, 0.6) is 0 Å². The van der Waals surface area contributed by atoms with Gasteiger partial charge in [-0.3, -0.25) is 4.21 Å². The molecule has 0 saturated carbocycles. The largest absolute Gasteiger partial charge is 0.770 e. The van der Waals surface area contributed by atoms with Crippen LogP contribution in [0.15, 0.2) is 0 Å². The van der Waals surface area contributed by atoms with E-state index in [4.69, 9.17) is 0 Å². The Labute approximate surface area is 75.1 Å². The van der Waals surface area contributed by atoms with Gasteiger partial charge in [-0.1, -0.05) is 0 Å². The summed E-state index contributed by atoms with van der Waals surface area (Å²) in [5.74, 6) is 0. The van der Waals surface area contributed by atoms with Gasteiger partial charge in [0.05, 0.1) is 0 Å². The minimum atomic E-state index is -3.09. The molecule has 10 heavy (non-hydrogen) atoms. The minimum absolute atomic E-state index is 0. The second kappa shape index (κ2) is 4.74. The summed E-state index contributed by atoms with van der Waals surface area (Å²) in [4.78, 5) is 0. The standard InChI is InChI=1S/C3H8FO3PS.Re/c1-8(2,5)3(4)9(6)7;/h3H,1-2H3,(H,6,7);/p-1. The molecule has 0 saturated heterocycles. The quantitative estimate of drug-likeness (QED) is 0.540. The topological polar surface area (TPSA) is 57.2 Å². The molecule has 63 valence electrons. The molecule has 0 aliphatic heterocycles. The van der Waals surface area contributed by atoms with Crippen molar-refractivity contribution in [2.24, 2.45) is 0 Å². The maximum atomic E-state index is 12.2. The van der Waals surface area contributed by atoms with E-state index in [0.29, 0.717) is 0 Å². The van der Waals surface area contributed by atoms with Crippen LogP contribution in [-0.4, -0.2) is 27.3 Å². The van der Waals surface area contributed by atoms with Crippen LogP contribution in [0.4, 0.5) is 4.39 Å². The molecule has 0 rings (SSSR count). The fourth-order valence-electron chi connectivity index (χ4n) is 0.207. The number of alkyl halides is 1. The minimum Gasteiger partial charge on any atom is -0.770 e. The maximum Gasteiger partial charge on any atom is 0.213 e. The normalized spacial score (nSPS) is 17.2. The Bertz CT molecular complexity index is 169. The van der Waals surface area contributed by atoms with Gasteiger partial charge in [0, 0.05) is 20.4 Å². The second-order valence-electron chi connectivity index (χ2n) is 1.99. The SMILES string of the molecule is CP(C)(=O)C(F)S(=O)[O-].[Re]. The number of hydrogen-bond donors (Lipinski definition) is 0. The average molecular weight is 359 g/mol. The summed E-state index contributed by atoms with van der Waals surface area (Å²) >= 11 is -2.86. The molecule has 7 heteroatoms. The summed E-state index contributed by atoms with van der Waals surface area (Å²) in [6.45, 7) is 2.18. The zero-order chi connectivity index (χ0) is 7.65. The number of rotatable bonds is 2. The molecule has 0 N–H and O–H groups in total. The van der Waals surface area contributed by atoms with Crippen LogP contribution >= 0.6 is 7.14 Å². The van der Waals surface area contributed by atoms with E-state index < -0.39 is 23.5 Å². The van der Waals surface area contributed by atoms with Gasteiger partial charge in [-0.2, -0.15) is 0 Å². The second-order valence-corrected chi connectivity index (χ2v) is 6.59. The van der Waals surface area contributed by atoms with E-state index in [1.54, 1.807) is 0 Å². The van der Waals surface area contributed by atoms with Crippen LogP contribution < -0.4 is 0 Å². The first-order valence-electron chi connectivity index (χ1n) is 2.12. The van der Waals surface area contributed by atoms with Gasteiger partial charge in [0.15, 0.2) is 0 Å². The summed E-state index contributed by atoms with van der Waals surface area (Å²) in [5, 5.41) is -2.21. The molecule has 2 unspecified atom stereocenters. The van der Waals surface area contributed by atoms with Crippen LogP contribution in [0.3, 0.4) is 0 Å². The molecule has 0 spiro atoms. The average Bonchev–Trinajstić information content (AvgIpc) is 1.62. The van der Waals surface area contributed by atoms with Crippen molar-refractivity contribution in [2.75, 3.05) is 13.3 Å². The van der Waals surface area contributed by atoms with E-state index in [1.165, 1.54) is 0 Å². The molecule has 1 radical (unpaired) electrons. The van der Waals surface area contributed by atoms with Crippen molar-refractivity contribution >= 4 is 18.2 Å². The van der Waals surface area contributed by atoms with E-state index >= 15 is 0 Å². The van der Waals surface area contributed by atoms with E-state index in [1.807, 2.05) is 0 Å². The number of halogens is 1. The van der Waals surface area contributed by atoms with Gasteiger partial charge in [0.25, 0.3) is 0 Å².